The predicted octanol–water partition coefficient (Wildman–Crippen LogP) is 3.51. The first-order valence-corrected chi connectivity index (χ1v) is 7.81. The summed E-state index contributed by atoms with van der Waals surface area (Å²) < 4.78 is 3.05. The Morgan fingerprint density at radius 1 is 1.25 bits per heavy atom. The maximum atomic E-state index is 4.66. The normalized spacial score (nSPS) is 10.8. The molecule has 0 atom stereocenters. The quantitative estimate of drug-likeness (QED) is 0.876. The summed E-state index contributed by atoms with van der Waals surface area (Å²) in [6, 6.07) is 0. The molecule has 108 valence electrons. The van der Waals surface area contributed by atoms with Gasteiger partial charge in [-0.25, -0.2) is 15.0 Å². The molecule has 0 saturated heterocycles. The molecular formula is C14H20BrN5. The van der Waals surface area contributed by atoms with Gasteiger partial charge in [-0.15, -0.1) is 0 Å². The maximum Gasteiger partial charge on any atom is 0.180 e. The van der Waals surface area contributed by atoms with Crippen LogP contribution in [0.5, 0.6) is 0 Å². The van der Waals surface area contributed by atoms with Crippen LogP contribution in [0.1, 0.15) is 32.9 Å². The molecule has 0 spiro atoms. The van der Waals surface area contributed by atoms with E-state index in [9.17, 15) is 0 Å². The highest BCUT2D eigenvalue weighted by molar-refractivity contribution is 9.10. The topological polar surface area (TPSA) is 55.6 Å². The van der Waals surface area contributed by atoms with E-state index < -0.39 is 0 Å². The Morgan fingerprint density at radius 3 is 2.70 bits per heavy atom. The predicted molar refractivity (Wildman–Crippen MR) is 84.8 cm³/mol. The summed E-state index contributed by atoms with van der Waals surface area (Å²) in [5.74, 6) is 1.57. The number of hydrogen-bond acceptors (Lipinski definition) is 4. The first-order chi connectivity index (χ1) is 9.71. The second kappa shape index (κ2) is 6.83. The molecule has 0 bridgehead atoms. The standard InChI is InChI=1S/C14H20BrN5/c1-4-7-20-9-16-8-11(20)13-18-10(5-2)12(15)14(19-13)17-6-3/h8-9H,4-7H2,1-3H3,(H,17,18,19). The molecule has 0 unspecified atom stereocenters. The van der Waals surface area contributed by atoms with Crippen LogP contribution < -0.4 is 5.32 Å². The van der Waals surface area contributed by atoms with Crippen molar-refractivity contribution in [2.75, 3.05) is 11.9 Å². The Kier molecular flexibility index (Phi) is 5.11. The van der Waals surface area contributed by atoms with Crippen LogP contribution in [0.3, 0.4) is 0 Å². The molecule has 1 N–H and O–H groups in total. The zero-order chi connectivity index (χ0) is 14.5. The molecule has 0 aromatic carbocycles. The average molecular weight is 338 g/mol. The molecule has 2 rings (SSSR count). The molecule has 0 aliphatic carbocycles. The summed E-state index contributed by atoms with van der Waals surface area (Å²) >= 11 is 3.58. The van der Waals surface area contributed by atoms with Gasteiger partial charge in [0.05, 0.1) is 22.7 Å². The molecule has 0 aliphatic rings. The van der Waals surface area contributed by atoms with E-state index >= 15 is 0 Å². The maximum absolute atomic E-state index is 4.66. The van der Waals surface area contributed by atoms with E-state index in [0.29, 0.717) is 0 Å². The van der Waals surface area contributed by atoms with Crippen LogP contribution in [-0.2, 0) is 13.0 Å². The smallest absolute Gasteiger partial charge is 0.180 e. The fourth-order valence-corrected chi connectivity index (χ4v) is 2.65. The minimum atomic E-state index is 0.729. The van der Waals surface area contributed by atoms with Gasteiger partial charge in [0, 0.05) is 13.1 Å². The molecule has 0 saturated carbocycles. The van der Waals surface area contributed by atoms with Crippen LogP contribution in [0.4, 0.5) is 5.82 Å². The third-order valence-corrected chi connectivity index (χ3v) is 3.84. The van der Waals surface area contributed by atoms with Crippen LogP contribution in [0.15, 0.2) is 17.0 Å². The minimum Gasteiger partial charge on any atom is -0.369 e. The molecule has 2 aromatic heterocycles. The number of nitrogens with one attached hydrogen (secondary N) is 1. The van der Waals surface area contributed by atoms with Crippen molar-refractivity contribution < 1.29 is 0 Å². The summed E-state index contributed by atoms with van der Waals surface area (Å²) in [5.41, 5.74) is 1.98. The van der Waals surface area contributed by atoms with Gasteiger partial charge in [-0.3, -0.25) is 0 Å². The van der Waals surface area contributed by atoms with Crippen molar-refractivity contribution in [2.24, 2.45) is 0 Å². The van der Waals surface area contributed by atoms with Crippen molar-refractivity contribution in [1.29, 1.82) is 0 Å². The molecule has 2 heterocycles. The highest BCUT2D eigenvalue weighted by Crippen LogP contribution is 2.27. The average Bonchev–Trinajstić information content (AvgIpc) is 2.90. The molecule has 6 heteroatoms. The fourth-order valence-electron chi connectivity index (χ4n) is 2.05. The van der Waals surface area contributed by atoms with Crippen molar-refractivity contribution in [3.05, 3.63) is 22.7 Å². The van der Waals surface area contributed by atoms with E-state index in [0.717, 1.165) is 53.4 Å². The molecule has 0 amide bonds. The van der Waals surface area contributed by atoms with Crippen LogP contribution in [-0.4, -0.2) is 26.1 Å². The van der Waals surface area contributed by atoms with Gasteiger partial charge in [0.2, 0.25) is 0 Å². The Labute approximate surface area is 128 Å². The SMILES string of the molecule is CCCn1cncc1-c1nc(CC)c(Br)c(NCC)n1. The Hall–Kier alpha value is -1.43. The highest BCUT2D eigenvalue weighted by atomic mass is 79.9. The molecule has 2 aromatic rings. The van der Waals surface area contributed by atoms with Crippen LogP contribution in [0, 0.1) is 0 Å². The van der Waals surface area contributed by atoms with Crippen LogP contribution >= 0.6 is 15.9 Å². The summed E-state index contributed by atoms with van der Waals surface area (Å²) in [7, 11) is 0. The lowest BCUT2D eigenvalue weighted by molar-refractivity contribution is 0.681. The lowest BCUT2D eigenvalue weighted by Crippen LogP contribution is -2.07. The first kappa shape index (κ1) is 15.0. The van der Waals surface area contributed by atoms with Crippen molar-refractivity contribution >= 4 is 21.7 Å². The van der Waals surface area contributed by atoms with Crippen molar-refractivity contribution in [3.8, 4) is 11.5 Å². The molecule has 0 radical (unpaired) electrons. The van der Waals surface area contributed by atoms with Crippen molar-refractivity contribution in [3.63, 3.8) is 0 Å². The zero-order valence-corrected chi connectivity index (χ0v) is 13.7. The van der Waals surface area contributed by atoms with Gasteiger partial charge in [-0.05, 0) is 35.7 Å². The summed E-state index contributed by atoms with van der Waals surface area (Å²) in [5, 5.41) is 3.28. The van der Waals surface area contributed by atoms with Crippen molar-refractivity contribution in [1.82, 2.24) is 19.5 Å². The molecule has 0 fully saturated rings. The highest BCUT2D eigenvalue weighted by Gasteiger charge is 2.14. The Balaban J connectivity index is 2.50. The van der Waals surface area contributed by atoms with Gasteiger partial charge in [0.1, 0.15) is 11.5 Å². The summed E-state index contributed by atoms with van der Waals surface area (Å²) in [6.07, 6.45) is 5.58. The molecule has 20 heavy (non-hydrogen) atoms. The second-order valence-electron chi connectivity index (χ2n) is 4.51. The molecule has 0 aliphatic heterocycles. The monoisotopic (exact) mass is 337 g/mol. The number of hydrogen-bond donors (Lipinski definition) is 1. The number of nitrogens with zero attached hydrogens (tertiary/aromatic N) is 4. The van der Waals surface area contributed by atoms with E-state index in [1.165, 1.54) is 0 Å². The van der Waals surface area contributed by atoms with Gasteiger partial charge in [-0.1, -0.05) is 13.8 Å². The van der Waals surface area contributed by atoms with E-state index in [1.54, 1.807) is 0 Å². The van der Waals surface area contributed by atoms with Crippen LogP contribution in [0.2, 0.25) is 0 Å². The van der Waals surface area contributed by atoms with Gasteiger partial charge in [0.15, 0.2) is 5.82 Å². The molecular weight excluding hydrogens is 318 g/mol. The first-order valence-electron chi connectivity index (χ1n) is 7.01. The van der Waals surface area contributed by atoms with Gasteiger partial charge >= 0.3 is 0 Å². The Morgan fingerprint density at radius 2 is 2.05 bits per heavy atom. The fraction of sp³-hybridized carbons (Fsp3) is 0.500. The number of aryl methyl sites for hydroxylation is 2. The van der Waals surface area contributed by atoms with E-state index in [4.69, 9.17) is 0 Å². The second-order valence-corrected chi connectivity index (χ2v) is 5.31. The largest absolute Gasteiger partial charge is 0.369 e. The van der Waals surface area contributed by atoms with Gasteiger partial charge < -0.3 is 9.88 Å². The van der Waals surface area contributed by atoms with E-state index in [2.05, 4.69) is 61.5 Å². The van der Waals surface area contributed by atoms with Crippen molar-refractivity contribution in [2.45, 2.75) is 40.2 Å². The lowest BCUT2D eigenvalue weighted by atomic mass is 10.3. The number of anilines is 1. The number of halogens is 1. The molecule has 5 nitrogen and oxygen atoms in total. The van der Waals surface area contributed by atoms with Gasteiger partial charge in [-0.2, -0.15) is 0 Å². The van der Waals surface area contributed by atoms with E-state index in [-0.39, 0.29) is 0 Å². The van der Waals surface area contributed by atoms with E-state index in [1.807, 2.05) is 12.5 Å². The number of imidazole rings is 1. The summed E-state index contributed by atoms with van der Waals surface area (Å²) in [6.45, 7) is 8.05. The number of aromatic nitrogens is 4. The lowest BCUT2D eigenvalue weighted by Gasteiger charge is -2.12. The third-order valence-electron chi connectivity index (χ3n) is 3.00. The van der Waals surface area contributed by atoms with Crippen LogP contribution in [0.25, 0.3) is 11.5 Å². The van der Waals surface area contributed by atoms with Gasteiger partial charge in [0.25, 0.3) is 0 Å². The number of rotatable bonds is 6. The Bertz CT molecular complexity index is 579. The third kappa shape index (κ3) is 3.00. The summed E-state index contributed by atoms with van der Waals surface area (Å²) in [4.78, 5) is 13.5. The minimum absolute atomic E-state index is 0.729. The zero-order valence-electron chi connectivity index (χ0n) is 12.1.